The zero-order valence-electron chi connectivity index (χ0n) is 20.9. The minimum atomic E-state index is -0.376. The molecule has 4 rings (SSSR count). The molecule has 1 amide bonds. The lowest BCUT2D eigenvalue weighted by atomic mass is 10.1. The number of benzene rings is 3. The van der Waals surface area contributed by atoms with E-state index in [-0.39, 0.29) is 22.9 Å². The van der Waals surface area contributed by atoms with Gasteiger partial charge in [0.25, 0.3) is 11.5 Å². The zero-order valence-corrected chi connectivity index (χ0v) is 20.9. The summed E-state index contributed by atoms with van der Waals surface area (Å²) >= 11 is 0. The molecular weight excluding hydrogens is 452 g/mol. The third-order valence-electron chi connectivity index (χ3n) is 5.78. The second-order valence-electron chi connectivity index (χ2n) is 9.05. The Hall–Kier alpha value is -4.39. The van der Waals surface area contributed by atoms with Crippen molar-refractivity contribution in [2.24, 2.45) is 5.92 Å². The van der Waals surface area contributed by atoms with Crippen molar-refractivity contribution in [2.45, 2.75) is 27.7 Å². The molecule has 0 spiro atoms. The summed E-state index contributed by atoms with van der Waals surface area (Å²) in [7, 11) is 0. The fourth-order valence-electron chi connectivity index (χ4n) is 3.62. The Morgan fingerprint density at radius 1 is 0.972 bits per heavy atom. The molecule has 0 saturated carbocycles. The number of nitrogens with zero attached hydrogens (tertiary/aromatic N) is 2. The van der Waals surface area contributed by atoms with Crippen LogP contribution in [0.3, 0.4) is 0 Å². The molecule has 7 nitrogen and oxygen atoms in total. The maximum atomic E-state index is 13.6. The lowest BCUT2D eigenvalue weighted by Crippen LogP contribution is -2.27. The molecule has 7 heteroatoms. The SMILES string of the molecule is Cc1cccc(Oc2cnn(-c3ccccc3)c(=O)c2Nc2cccc(C(=O)NCC(C)C)c2)c1C. The Morgan fingerprint density at radius 2 is 1.72 bits per heavy atom. The number of hydrogen-bond acceptors (Lipinski definition) is 5. The molecule has 0 aliphatic heterocycles. The van der Waals surface area contributed by atoms with Gasteiger partial charge in [-0.25, -0.2) is 0 Å². The van der Waals surface area contributed by atoms with Crippen molar-refractivity contribution in [3.05, 3.63) is 106 Å². The largest absolute Gasteiger partial charge is 0.453 e. The molecule has 4 aromatic rings. The van der Waals surface area contributed by atoms with Gasteiger partial charge in [-0.1, -0.05) is 50.2 Å². The Balaban J connectivity index is 1.74. The molecule has 0 radical (unpaired) electrons. The van der Waals surface area contributed by atoms with E-state index < -0.39 is 0 Å². The fraction of sp³-hybridized carbons (Fsp3) is 0.207. The van der Waals surface area contributed by atoms with E-state index in [1.807, 2.05) is 76.2 Å². The third-order valence-corrected chi connectivity index (χ3v) is 5.78. The molecule has 2 N–H and O–H groups in total. The maximum Gasteiger partial charge on any atom is 0.299 e. The average Bonchev–Trinajstić information content (AvgIpc) is 2.88. The van der Waals surface area contributed by atoms with E-state index in [0.29, 0.717) is 35.2 Å². The standard InChI is InChI=1S/C29H30N4O3/c1-19(2)17-30-28(34)22-11-9-12-23(16-22)32-27-26(36-25-15-8-10-20(3)21(25)4)18-31-33(29(27)35)24-13-6-5-7-14-24/h5-16,18-19,32H,17H2,1-4H3,(H,30,34). The minimum absolute atomic E-state index is 0.171. The van der Waals surface area contributed by atoms with Crippen LogP contribution in [0, 0.1) is 19.8 Å². The van der Waals surface area contributed by atoms with Crippen LogP contribution in [0.2, 0.25) is 0 Å². The number of nitrogens with one attached hydrogen (secondary N) is 2. The zero-order chi connectivity index (χ0) is 25.7. The Labute approximate surface area is 210 Å². The minimum Gasteiger partial charge on any atom is -0.453 e. The number of amides is 1. The van der Waals surface area contributed by atoms with Crippen LogP contribution in [0.1, 0.15) is 35.3 Å². The molecule has 184 valence electrons. The van der Waals surface area contributed by atoms with Crippen LogP contribution in [0.5, 0.6) is 11.5 Å². The van der Waals surface area contributed by atoms with Crippen molar-refractivity contribution < 1.29 is 9.53 Å². The summed E-state index contributed by atoms with van der Waals surface area (Å²) in [5.41, 5.74) is 3.60. The molecule has 0 aliphatic rings. The number of rotatable bonds is 8. The second-order valence-corrected chi connectivity index (χ2v) is 9.05. The van der Waals surface area contributed by atoms with Crippen LogP contribution in [-0.4, -0.2) is 22.2 Å². The highest BCUT2D eigenvalue weighted by Gasteiger charge is 2.17. The van der Waals surface area contributed by atoms with Crippen molar-refractivity contribution >= 4 is 17.3 Å². The lowest BCUT2D eigenvalue weighted by molar-refractivity contribution is 0.0949. The van der Waals surface area contributed by atoms with Gasteiger partial charge in [0.2, 0.25) is 0 Å². The number of para-hydroxylation sites is 1. The van der Waals surface area contributed by atoms with Gasteiger partial charge in [-0.2, -0.15) is 9.78 Å². The molecule has 0 atom stereocenters. The van der Waals surface area contributed by atoms with Crippen LogP contribution in [0.4, 0.5) is 11.4 Å². The predicted octanol–water partition coefficient (Wildman–Crippen LogP) is 5.77. The molecule has 0 aliphatic carbocycles. The second kappa shape index (κ2) is 10.9. The van der Waals surface area contributed by atoms with Crippen LogP contribution >= 0.6 is 0 Å². The van der Waals surface area contributed by atoms with E-state index in [1.54, 1.807) is 24.3 Å². The molecule has 0 fully saturated rings. The van der Waals surface area contributed by atoms with Crippen molar-refractivity contribution in [3.8, 4) is 17.2 Å². The number of anilines is 2. The van der Waals surface area contributed by atoms with E-state index in [2.05, 4.69) is 15.7 Å². The quantitative estimate of drug-likeness (QED) is 0.333. The van der Waals surface area contributed by atoms with Crippen LogP contribution in [0.15, 0.2) is 83.8 Å². The van der Waals surface area contributed by atoms with Crippen LogP contribution in [-0.2, 0) is 0 Å². The van der Waals surface area contributed by atoms with Gasteiger partial charge in [-0.15, -0.1) is 0 Å². The molecule has 36 heavy (non-hydrogen) atoms. The summed E-state index contributed by atoms with van der Waals surface area (Å²) in [5, 5.41) is 10.5. The highest BCUT2D eigenvalue weighted by Crippen LogP contribution is 2.31. The van der Waals surface area contributed by atoms with E-state index in [9.17, 15) is 9.59 Å². The Kier molecular flexibility index (Phi) is 7.49. The Morgan fingerprint density at radius 3 is 2.47 bits per heavy atom. The monoisotopic (exact) mass is 482 g/mol. The van der Waals surface area contributed by atoms with E-state index in [1.165, 1.54) is 10.9 Å². The van der Waals surface area contributed by atoms with E-state index >= 15 is 0 Å². The third kappa shape index (κ3) is 5.63. The van der Waals surface area contributed by atoms with Crippen LogP contribution in [0.25, 0.3) is 5.69 Å². The molecule has 0 bridgehead atoms. The van der Waals surface area contributed by atoms with Crippen molar-refractivity contribution in [1.82, 2.24) is 15.1 Å². The summed E-state index contributed by atoms with van der Waals surface area (Å²) in [4.78, 5) is 26.2. The van der Waals surface area contributed by atoms with Gasteiger partial charge < -0.3 is 15.4 Å². The summed E-state index contributed by atoms with van der Waals surface area (Å²) in [5.74, 6) is 1.10. The van der Waals surface area contributed by atoms with Crippen molar-refractivity contribution in [2.75, 3.05) is 11.9 Å². The highest BCUT2D eigenvalue weighted by molar-refractivity contribution is 5.95. The van der Waals surface area contributed by atoms with Crippen molar-refractivity contribution in [1.29, 1.82) is 0 Å². The number of carbonyl (C=O) groups is 1. The maximum absolute atomic E-state index is 13.6. The Bertz CT molecular complexity index is 1430. The highest BCUT2D eigenvalue weighted by atomic mass is 16.5. The van der Waals surface area contributed by atoms with Crippen LogP contribution < -0.4 is 20.9 Å². The number of carbonyl (C=O) groups excluding carboxylic acids is 1. The number of hydrogen-bond donors (Lipinski definition) is 2. The summed E-state index contributed by atoms with van der Waals surface area (Å²) < 4.78 is 7.51. The topological polar surface area (TPSA) is 85.2 Å². The molecule has 3 aromatic carbocycles. The molecule has 0 unspecified atom stereocenters. The first-order chi connectivity index (χ1) is 17.3. The van der Waals surface area contributed by atoms with Gasteiger partial charge in [0.05, 0.1) is 11.9 Å². The summed E-state index contributed by atoms with van der Waals surface area (Å²) in [6.07, 6.45) is 1.53. The fourth-order valence-corrected chi connectivity index (χ4v) is 3.62. The average molecular weight is 483 g/mol. The first kappa shape index (κ1) is 24.7. The number of aromatic nitrogens is 2. The van der Waals surface area contributed by atoms with E-state index in [0.717, 1.165) is 11.1 Å². The van der Waals surface area contributed by atoms with Gasteiger partial charge in [-0.3, -0.25) is 9.59 Å². The predicted molar refractivity (Wildman–Crippen MR) is 143 cm³/mol. The van der Waals surface area contributed by atoms with Gasteiger partial charge in [-0.05, 0) is 67.3 Å². The smallest absolute Gasteiger partial charge is 0.299 e. The lowest BCUT2D eigenvalue weighted by Gasteiger charge is -2.16. The van der Waals surface area contributed by atoms with Gasteiger partial charge in [0.15, 0.2) is 11.4 Å². The van der Waals surface area contributed by atoms with Gasteiger partial charge in [0.1, 0.15) is 5.75 Å². The first-order valence-electron chi connectivity index (χ1n) is 11.9. The van der Waals surface area contributed by atoms with E-state index in [4.69, 9.17) is 4.74 Å². The van der Waals surface area contributed by atoms with Gasteiger partial charge in [0, 0.05) is 17.8 Å². The molecule has 1 aromatic heterocycles. The van der Waals surface area contributed by atoms with Crippen molar-refractivity contribution in [3.63, 3.8) is 0 Å². The van der Waals surface area contributed by atoms with Gasteiger partial charge >= 0.3 is 0 Å². The molecule has 1 heterocycles. The number of aryl methyl sites for hydroxylation is 1. The normalized spacial score (nSPS) is 10.8. The summed E-state index contributed by atoms with van der Waals surface area (Å²) in [6, 6.07) is 22.0. The number of ether oxygens (including phenoxy) is 1. The molecular formula is C29H30N4O3. The molecule has 0 saturated heterocycles. The summed E-state index contributed by atoms with van der Waals surface area (Å²) in [6.45, 7) is 8.63. The first-order valence-corrected chi connectivity index (χ1v) is 11.9.